The summed E-state index contributed by atoms with van der Waals surface area (Å²) in [5, 5.41) is 5.39. The van der Waals surface area contributed by atoms with Crippen molar-refractivity contribution < 1.29 is 14.3 Å². The third-order valence-electron chi connectivity index (χ3n) is 4.56. The Bertz CT molecular complexity index is 1250. The van der Waals surface area contributed by atoms with E-state index in [0.29, 0.717) is 22.1 Å². The summed E-state index contributed by atoms with van der Waals surface area (Å²) in [7, 11) is 0. The fraction of sp³-hybridized carbons (Fsp3) is 0.167. The largest absolute Gasteiger partial charge is 0.456 e. The standard InChI is InChI=1S/C24H21N3O3S3/c1-16-25-19(14-31-16)15-32-22-11-7-6-10-21(22)23(29)30-12-18-13-33-24(26-18)27(17(2)28)20-8-4-3-5-9-20/h3-11,13-14H,12,15H2,1-2H3. The number of esters is 1. The number of carbonyl (C=O) groups excluding carboxylic acids is 2. The molecule has 0 fully saturated rings. The van der Waals surface area contributed by atoms with E-state index in [1.54, 1.807) is 39.4 Å². The number of benzene rings is 2. The molecular weight excluding hydrogens is 474 g/mol. The molecule has 168 valence electrons. The van der Waals surface area contributed by atoms with Crippen LogP contribution in [0.25, 0.3) is 0 Å². The average Bonchev–Trinajstić information content (AvgIpc) is 3.46. The van der Waals surface area contributed by atoms with Gasteiger partial charge in [0, 0.05) is 28.3 Å². The van der Waals surface area contributed by atoms with E-state index in [1.165, 1.54) is 18.3 Å². The van der Waals surface area contributed by atoms with Crippen LogP contribution in [-0.2, 0) is 21.9 Å². The highest BCUT2D eigenvalue weighted by molar-refractivity contribution is 7.98. The zero-order valence-electron chi connectivity index (χ0n) is 18.1. The topological polar surface area (TPSA) is 72.4 Å². The van der Waals surface area contributed by atoms with E-state index < -0.39 is 5.97 Å². The minimum Gasteiger partial charge on any atom is -0.456 e. The molecule has 2 heterocycles. The maximum absolute atomic E-state index is 12.8. The van der Waals surface area contributed by atoms with Gasteiger partial charge in [0.25, 0.3) is 0 Å². The SMILES string of the molecule is CC(=O)N(c1ccccc1)c1nc(COC(=O)c2ccccc2SCc2csc(C)n2)cs1. The molecule has 0 spiro atoms. The highest BCUT2D eigenvalue weighted by Crippen LogP contribution is 2.30. The van der Waals surface area contributed by atoms with E-state index in [-0.39, 0.29) is 12.5 Å². The summed E-state index contributed by atoms with van der Waals surface area (Å²) in [5.41, 5.74) is 2.84. The average molecular weight is 496 g/mol. The third-order valence-corrected chi connectivity index (χ3v) is 7.36. The number of carbonyl (C=O) groups is 2. The zero-order valence-corrected chi connectivity index (χ0v) is 20.5. The Labute approximate surface area is 204 Å². The maximum atomic E-state index is 12.8. The summed E-state index contributed by atoms with van der Waals surface area (Å²) in [6.45, 7) is 3.50. The molecular formula is C24H21N3O3S3. The van der Waals surface area contributed by atoms with Crippen LogP contribution in [-0.4, -0.2) is 21.8 Å². The number of para-hydroxylation sites is 1. The normalized spacial score (nSPS) is 10.7. The van der Waals surface area contributed by atoms with Crippen LogP contribution in [0, 0.1) is 6.92 Å². The van der Waals surface area contributed by atoms with Gasteiger partial charge in [-0.1, -0.05) is 30.3 Å². The second kappa shape index (κ2) is 10.7. The van der Waals surface area contributed by atoms with Crippen molar-refractivity contribution in [2.24, 2.45) is 0 Å². The number of amides is 1. The summed E-state index contributed by atoms with van der Waals surface area (Å²) >= 11 is 4.50. The summed E-state index contributed by atoms with van der Waals surface area (Å²) in [5.74, 6) is 0.138. The number of anilines is 2. The summed E-state index contributed by atoms with van der Waals surface area (Å²) in [6, 6.07) is 16.7. The Hall–Kier alpha value is -3.01. The molecule has 0 unspecified atom stereocenters. The van der Waals surface area contributed by atoms with Crippen LogP contribution in [0.3, 0.4) is 0 Å². The van der Waals surface area contributed by atoms with E-state index in [0.717, 1.165) is 21.3 Å². The van der Waals surface area contributed by atoms with Gasteiger partial charge in [0.15, 0.2) is 5.13 Å². The van der Waals surface area contributed by atoms with Gasteiger partial charge < -0.3 is 4.74 Å². The van der Waals surface area contributed by atoms with Crippen LogP contribution in [0.1, 0.15) is 33.7 Å². The lowest BCUT2D eigenvalue weighted by atomic mass is 10.2. The monoisotopic (exact) mass is 495 g/mol. The lowest BCUT2D eigenvalue weighted by Crippen LogP contribution is -2.22. The molecule has 0 atom stereocenters. The van der Waals surface area contributed by atoms with E-state index in [4.69, 9.17) is 4.74 Å². The van der Waals surface area contributed by atoms with Crippen molar-refractivity contribution in [2.45, 2.75) is 31.1 Å². The molecule has 1 amide bonds. The molecule has 0 bridgehead atoms. The van der Waals surface area contributed by atoms with E-state index >= 15 is 0 Å². The predicted molar refractivity (Wildman–Crippen MR) is 133 cm³/mol. The highest BCUT2D eigenvalue weighted by Gasteiger charge is 2.19. The molecule has 0 saturated heterocycles. The number of thiazole rings is 2. The van der Waals surface area contributed by atoms with Crippen LogP contribution in [0.15, 0.2) is 70.3 Å². The van der Waals surface area contributed by atoms with Gasteiger partial charge in [-0.3, -0.25) is 9.69 Å². The van der Waals surface area contributed by atoms with E-state index in [1.807, 2.05) is 60.8 Å². The van der Waals surface area contributed by atoms with Crippen LogP contribution in [0.2, 0.25) is 0 Å². The Morgan fingerprint density at radius 2 is 1.70 bits per heavy atom. The second-order valence-electron chi connectivity index (χ2n) is 7.03. The molecule has 6 nitrogen and oxygen atoms in total. The van der Waals surface area contributed by atoms with Crippen molar-refractivity contribution in [2.75, 3.05) is 4.90 Å². The first-order chi connectivity index (χ1) is 16.0. The van der Waals surface area contributed by atoms with Crippen molar-refractivity contribution in [3.05, 3.63) is 87.3 Å². The van der Waals surface area contributed by atoms with Crippen molar-refractivity contribution in [1.82, 2.24) is 9.97 Å². The Balaban J connectivity index is 1.41. The Morgan fingerprint density at radius 1 is 0.970 bits per heavy atom. The van der Waals surface area contributed by atoms with E-state index in [9.17, 15) is 9.59 Å². The van der Waals surface area contributed by atoms with Gasteiger partial charge in [0.2, 0.25) is 5.91 Å². The lowest BCUT2D eigenvalue weighted by Gasteiger charge is -2.17. The van der Waals surface area contributed by atoms with Crippen molar-refractivity contribution in [3.63, 3.8) is 0 Å². The third kappa shape index (κ3) is 5.87. The minimum atomic E-state index is -0.409. The number of ether oxygens (including phenoxy) is 1. The maximum Gasteiger partial charge on any atom is 0.339 e. The van der Waals surface area contributed by atoms with Gasteiger partial charge in [-0.25, -0.2) is 14.8 Å². The molecule has 4 rings (SSSR count). The number of aryl methyl sites for hydroxylation is 1. The number of thioether (sulfide) groups is 1. The molecule has 2 aromatic carbocycles. The van der Waals surface area contributed by atoms with Gasteiger partial charge in [-0.2, -0.15) is 0 Å². The minimum absolute atomic E-state index is 0.0279. The van der Waals surface area contributed by atoms with Gasteiger partial charge in [0.05, 0.1) is 27.6 Å². The molecule has 0 aliphatic carbocycles. The smallest absolute Gasteiger partial charge is 0.339 e. The number of hydrogen-bond donors (Lipinski definition) is 0. The fourth-order valence-electron chi connectivity index (χ4n) is 3.07. The Kier molecular flexibility index (Phi) is 7.54. The predicted octanol–water partition coefficient (Wildman–Crippen LogP) is 6.24. The van der Waals surface area contributed by atoms with Crippen LogP contribution < -0.4 is 4.90 Å². The molecule has 0 saturated carbocycles. The molecule has 33 heavy (non-hydrogen) atoms. The second-order valence-corrected chi connectivity index (χ2v) is 9.95. The van der Waals surface area contributed by atoms with Crippen molar-refractivity contribution in [3.8, 4) is 0 Å². The van der Waals surface area contributed by atoms with Gasteiger partial charge in [-0.15, -0.1) is 34.4 Å². The molecule has 0 radical (unpaired) electrons. The molecule has 0 aliphatic heterocycles. The Morgan fingerprint density at radius 3 is 2.42 bits per heavy atom. The van der Waals surface area contributed by atoms with Gasteiger partial charge in [-0.05, 0) is 31.2 Å². The number of nitrogens with zero attached hydrogens (tertiary/aromatic N) is 3. The first-order valence-corrected chi connectivity index (χ1v) is 12.9. The first kappa shape index (κ1) is 23.2. The van der Waals surface area contributed by atoms with E-state index in [2.05, 4.69) is 9.97 Å². The molecule has 9 heteroatoms. The number of rotatable bonds is 8. The zero-order chi connectivity index (χ0) is 23.2. The first-order valence-electron chi connectivity index (χ1n) is 10.1. The van der Waals surface area contributed by atoms with Crippen molar-refractivity contribution >= 4 is 57.1 Å². The van der Waals surface area contributed by atoms with Crippen LogP contribution >= 0.6 is 34.4 Å². The fourth-order valence-corrected chi connectivity index (χ4v) is 5.60. The lowest BCUT2D eigenvalue weighted by molar-refractivity contribution is -0.115. The van der Waals surface area contributed by atoms with Crippen molar-refractivity contribution in [1.29, 1.82) is 0 Å². The summed E-state index contributed by atoms with van der Waals surface area (Å²) in [4.78, 5) is 36.4. The number of aromatic nitrogens is 2. The highest BCUT2D eigenvalue weighted by atomic mass is 32.2. The molecule has 2 aromatic heterocycles. The molecule has 0 aliphatic rings. The quantitative estimate of drug-likeness (QED) is 0.213. The van der Waals surface area contributed by atoms with Gasteiger partial charge >= 0.3 is 5.97 Å². The van der Waals surface area contributed by atoms with Gasteiger partial charge in [0.1, 0.15) is 6.61 Å². The van der Waals surface area contributed by atoms with Crippen LogP contribution in [0.5, 0.6) is 0 Å². The molecule has 0 N–H and O–H groups in total. The summed E-state index contributed by atoms with van der Waals surface area (Å²) < 4.78 is 5.55. The summed E-state index contributed by atoms with van der Waals surface area (Å²) in [6.07, 6.45) is 0. The molecule has 4 aromatic rings. The number of hydrogen-bond acceptors (Lipinski definition) is 8. The van der Waals surface area contributed by atoms with Crippen LogP contribution in [0.4, 0.5) is 10.8 Å².